The first-order valence-electron chi connectivity index (χ1n) is 8.07. The molecule has 3 heterocycles. The van der Waals surface area contributed by atoms with Gasteiger partial charge in [0.05, 0.1) is 11.4 Å². The lowest BCUT2D eigenvalue weighted by Gasteiger charge is -2.24. The van der Waals surface area contributed by atoms with E-state index in [9.17, 15) is 0 Å². The molecule has 0 saturated carbocycles. The topological polar surface area (TPSA) is 51.5 Å². The molecule has 0 unspecified atom stereocenters. The Bertz CT molecular complexity index is 807. The molecule has 0 atom stereocenters. The zero-order valence-corrected chi connectivity index (χ0v) is 13.2. The second-order valence-corrected chi connectivity index (χ2v) is 5.98. The van der Waals surface area contributed by atoms with Crippen LogP contribution in [-0.2, 0) is 4.74 Å². The third-order valence-electron chi connectivity index (χ3n) is 4.19. The number of nitrogens with zero attached hydrogens (tertiary/aromatic N) is 3. The van der Waals surface area contributed by atoms with Crippen LogP contribution in [0, 0.1) is 6.92 Å². The molecular formula is C18H20N4O. The molecule has 0 bridgehead atoms. The standard InChI is InChI=1S/C18H20N4O/c1-13-11-17-20-16(14-5-3-2-4-6-14)12-18(22(17)21-13)19-15-7-9-23-10-8-15/h2-6,11-12,15,19H,7-10H2,1H3. The monoisotopic (exact) mass is 308 g/mol. The minimum Gasteiger partial charge on any atom is -0.381 e. The third kappa shape index (κ3) is 2.92. The maximum absolute atomic E-state index is 5.45. The first-order valence-corrected chi connectivity index (χ1v) is 8.07. The lowest BCUT2D eigenvalue weighted by atomic mass is 10.1. The Labute approximate surface area is 135 Å². The van der Waals surface area contributed by atoms with Crippen LogP contribution in [0.4, 0.5) is 5.82 Å². The summed E-state index contributed by atoms with van der Waals surface area (Å²) in [5.41, 5.74) is 3.92. The van der Waals surface area contributed by atoms with Crippen molar-refractivity contribution in [2.45, 2.75) is 25.8 Å². The van der Waals surface area contributed by atoms with Crippen molar-refractivity contribution in [2.75, 3.05) is 18.5 Å². The van der Waals surface area contributed by atoms with E-state index in [-0.39, 0.29) is 0 Å². The number of benzene rings is 1. The quantitative estimate of drug-likeness (QED) is 0.806. The van der Waals surface area contributed by atoms with Gasteiger partial charge in [-0.05, 0) is 19.8 Å². The molecule has 1 aliphatic rings. The van der Waals surface area contributed by atoms with Crippen molar-refractivity contribution in [2.24, 2.45) is 0 Å². The van der Waals surface area contributed by atoms with Crippen molar-refractivity contribution in [3.63, 3.8) is 0 Å². The fraction of sp³-hybridized carbons (Fsp3) is 0.333. The Morgan fingerprint density at radius 1 is 1.13 bits per heavy atom. The average Bonchev–Trinajstić information content (AvgIpc) is 2.97. The number of rotatable bonds is 3. The van der Waals surface area contributed by atoms with Gasteiger partial charge in [-0.15, -0.1) is 0 Å². The van der Waals surface area contributed by atoms with E-state index >= 15 is 0 Å². The molecule has 1 saturated heterocycles. The number of fused-ring (bicyclic) bond motifs is 1. The lowest BCUT2D eigenvalue weighted by molar-refractivity contribution is 0.0903. The number of ether oxygens (including phenoxy) is 1. The van der Waals surface area contributed by atoms with E-state index in [1.54, 1.807) is 0 Å². The van der Waals surface area contributed by atoms with Crippen LogP contribution in [0.1, 0.15) is 18.5 Å². The summed E-state index contributed by atoms with van der Waals surface area (Å²) < 4.78 is 7.35. The van der Waals surface area contributed by atoms with Crippen molar-refractivity contribution >= 4 is 11.5 Å². The summed E-state index contributed by atoms with van der Waals surface area (Å²) >= 11 is 0. The lowest BCUT2D eigenvalue weighted by Crippen LogP contribution is -2.28. The van der Waals surface area contributed by atoms with Gasteiger partial charge in [0, 0.05) is 37.0 Å². The summed E-state index contributed by atoms with van der Waals surface area (Å²) in [5.74, 6) is 0.994. The molecule has 0 aliphatic carbocycles. The maximum atomic E-state index is 5.45. The van der Waals surface area contributed by atoms with Gasteiger partial charge in [0.15, 0.2) is 5.65 Å². The Morgan fingerprint density at radius 3 is 2.70 bits per heavy atom. The van der Waals surface area contributed by atoms with Crippen LogP contribution in [0.25, 0.3) is 16.9 Å². The Hall–Kier alpha value is -2.40. The van der Waals surface area contributed by atoms with E-state index in [2.05, 4.69) is 28.6 Å². The maximum Gasteiger partial charge on any atom is 0.158 e. The molecule has 1 fully saturated rings. The third-order valence-corrected chi connectivity index (χ3v) is 4.19. The second kappa shape index (κ2) is 6.01. The average molecular weight is 308 g/mol. The van der Waals surface area contributed by atoms with Crippen molar-refractivity contribution in [1.82, 2.24) is 14.6 Å². The van der Waals surface area contributed by atoms with Crippen LogP contribution in [0.2, 0.25) is 0 Å². The molecule has 3 aromatic rings. The minimum atomic E-state index is 0.419. The van der Waals surface area contributed by atoms with Crippen LogP contribution in [-0.4, -0.2) is 33.9 Å². The summed E-state index contributed by atoms with van der Waals surface area (Å²) in [5, 5.41) is 8.20. The van der Waals surface area contributed by atoms with Crippen LogP contribution >= 0.6 is 0 Å². The summed E-state index contributed by atoms with van der Waals surface area (Å²) in [7, 11) is 0. The van der Waals surface area contributed by atoms with Gasteiger partial charge in [-0.25, -0.2) is 4.98 Å². The van der Waals surface area contributed by atoms with Crippen molar-refractivity contribution in [3.8, 4) is 11.3 Å². The molecule has 23 heavy (non-hydrogen) atoms. The number of hydrogen-bond acceptors (Lipinski definition) is 4. The number of hydrogen-bond donors (Lipinski definition) is 1. The fourth-order valence-electron chi connectivity index (χ4n) is 3.00. The van der Waals surface area contributed by atoms with Crippen molar-refractivity contribution < 1.29 is 4.74 Å². The molecule has 0 amide bonds. The highest BCUT2D eigenvalue weighted by atomic mass is 16.5. The largest absolute Gasteiger partial charge is 0.381 e. The number of aryl methyl sites for hydroxylation is 1. The molecule has 1 aromatic carbocycles. The number of anilines is 1. The van der Waals surface area contributed by atoms with Crippen molar-refractivity contribution in [1.29, 1.82) is 0 Å². The van der Waals surface area contributed by atoms with Gasteiger partial charge in [-0.3, -0.25) is 0 Å². The zero-order chi connectivity index (χ0) is 15.6. The van der Waals surface area contributed by atoms with Crippen LogP contribution in [0.5, 0.6) is 0 Å². The number of aromatic nitrogens is 3. The summed E-state index contributed by atoms with van der Waals surface area (Å²) in [6.07, 6.45) is 2.04. The summed E-state index contributed by atoms with van der Waals surface area (Å²) in [4.78, 5) is 4.76. The van der Waals surface area contributed by atoms with Crippen molar-refractivity contribution in [3.05, 3.63) is 48.2 Å². The molecule has 2 aromatic heterocycles. The smallest absolute Gasteiger partial charge is 0.158 e. The van der Waals surface area contributed by atoms with Gasteiger partial charge in [-0.2, -0.15) is 9.61 Å². The Kier molecular flexibility index (Phi) is 3.71. The normalized spacial score (nSPS) is 15.9. The van der Waals surface area contributed by atoms with Crippen LogP contribution in [0.15, 0.2) is 42.5 Å². The predicted octanol–water partition coefficient (Wildman–Crippen LogP) is 3.30. The van der Waals surface area contributed by atoms with E-state index in [1.165, 1.54) is 0 Å². The molecule has 1 N–H and O–H groups in total. The number of nitrogens with one attached hydrogen (secondary N) is 1. The van der Waals surface area contributed by atoms with Gasteiger partial charge in [0.25, 0.3) is 0 Å². The van der Waals surface area contributed by atoms with Gasteiger partial charge in [0.1, 0.15) is 5.82 Å². The van der Waals surface area contributed by atoms with E-state index in [0.29, 0.717) is 6.04 Å². The molecule has 5 nitrogen and oxygen atoms in total. The van der Waals surface area contributed by atoms with E-state index in [1.807, 2.05) is 35.7 Å². The first kappa shape index (κ1) is 14.2. The molecule has 1 aliphatic heterocycles. The SMILES string of the molecule is Cc1cc2nc(-c3ccccc3)cc(NC3CCOCC3)n2n1. The van der Waals surface area contributed by atoms with E-state index in [0.717, 1.165) is 54.5 Å². The van der Waals surface area contributed by atoms with E-state index < -0.39 is 0 Å². The molecule has 0 spiro atoms. The first-order chi connectivity index (χ1) is 11.3. The molecule has 118 valence electrons. The highest BCUT2D eigenvalue weighted by Crippen LogP contribution is 2.24. The highest BCUT2D eigenvalue weighted by Gasteiger charge is 2.16. The molecule has 5 heteroatoms. The predicted molar refractivity (Wildman–Crippen MR) is 90.6 cm³/mol. The zero-order valence-electron chi connectivity index (χ0n) is 13.2. The Balaban J connectivity index is 1.77. The van der Waals surface area contributed by atoms with Crippen LogP contribution < -0.4 is 5.32 Å². The van der Waals surface area contributed by atoms with Gasteiger partial charge < -0.3 is 10.1 Å². The molecule has 0 radical (unpaired) electrons. The van der Waals surface area contributed by atoms with Gasteiger partial charge in [0.2, 0.25) is 0 Å². The minimum absolute atomic E-state index is 0.419. The van der Waals surface area contributed by atoms with Crippen LogP contribution in [0.3, 0.4) is 0 Å². The second-order valence-electron chi connectivity index (χ2n) is 5.98. The summed E-state index contributed by atoms with van der Waals surface area (Å²) in [6.45, 7) is 3.63. The summed E-state index contributed by atoms with van der Waals surface area (Å²) in [6, 6.07) is 14.8. The van der Waals surface area contributed by atoms with Gasteiger partial charge >= 0.3 is 0 Å². The van der Waals surface area contributed by atoms with E-state index in [4.69, 9.17) is 9.72 Å². The Morgan fingerprint density at radius 2 is 1.91 bits per heavy atom. The fourth-order valence-corrected chi connectivity index (χ4v) is 3.00. The highest BCUT2D eigenvalue weighted by molar-refractivity contribution is 5.66. The molecular weight excluding hydrogens is 288 g/mol. The van der Waals surface area contributed by atoms with Gasteiger partial charge in [-0.1, -0.05) is 30.3 Å². The molecule has 4 rings (SSSR count).